The minimum atomic E-state index is 0.523. The first-order chi connectivity index (χ1) is 7.40. The maximum absolute atomic E-state index is 5.27. The van der Waals surface area contributed by atoms with E-state index in [1.165, 1.54) is 0 Å². The molecule has 2 aromatic rings. The van der Waals surface area contributed by atoms with Crippen LogP contribution in [0.3, 0.4) is 0 Å². The van der Waals surface area contributed by atoms with E-state index < -0.39 is 0 Å². The third-order valence-electron chi connectivity index (χ3n) is 2.12. The number of benzene rings is 1. The Labute approximate surface area is 89.2 Å². The van der Waals surface area contributed by atoms with Gasteiger partial charge in [-0.15, -0.1) is 0 Å². The van der Waals surface area contributed by atoms with Crippen molar-refractivity contribution in [2.45, 2.75) is 13.5 Å². The molecule has 0 unspecified atom stereocenters. The fourth-order valence-electron chi connectivity index (χ4n) is 1.42. The molecule has 1 aromatic heterocycles. The van der Waals surface area contributed by atoms with Gasteiger partial charge in [0.05, 0.1) is 17.5 Å². The van der Waals surface area contributed by atoms with Crippen molar-refractivity contribution in [3.63, 3.8) is 0 Å². The fourth-order valence-corrected chi connectivity index (χ4v) is 1.42. The Morgan fingerprint density at radius 1 is 1.20 bits per heavy atom. The molecule has 0 fully saturated rings. The molecule has 0 radical (unpaired) electrons. The van der Waals surface area contributed by atoms with Crippen LogP contribution < -0.4 is 0 Å². The van der Waals surface area contributed by atoms with Crippen molar-refractivity contribution >= 4 is 10.9 Å². The number of nitrogens with zero attached hydrogens (tertiary/aromatic N) is 1. The minimum absolute atomic E-state index is 0.523. The lowest BCUT2D eigenvalue weighted by Gasteiger charge is -2.02. The van der Waals surface area contributed by atoms with Crippen molar-refractivity contribution < 1.29 is 4.74 Å². The van der Waals surface area contributed by atoms with Crippen molar-refractivity contribution in [2.24, 2.45) is 0 Å². The van der Waals surface area contributed by atoms with E-state index in [0.29, 0.717) is 6.61 Å². The van der Waals surface area contributed by atoms with Crippen LogP contribution in [0, 0.1) is 0 Å². The van der Waals surface area contributed by atoms with Crippen molar-refractivity contribution in [1.82, 2.24) is 4.98 Å². The van der Waals surface area contributed by atoms with E-state index in [4.69, 9.17) is 4.74 Å². The second-order valence-electron chi connectivity index (χ2n) is 3.28. The van der Waals surface area contributed by atoms with Crippen LogP contribution in [0.5, 0.6) is 0 Å². The zero-order valence-corrected chi connectivity index (χ0v) is 8.68. The zero-order valence-electron chi connectivity index (χ0n) is 8.68. The Bertz CT molecular complexity index is 477. The Morgan fingerprint density at radius 2 is 2.07 bits per heavy atom. The highest BCUT2D eigenvalue weighted by molar-refractivity contribution is 5.78. The average molecular weight is 199 g/mol. The molecular weight excluding hydrogens is 186 g/mol. The lowest BCUT2D eigenvalue weighted by molar-refractivity contribution is 0.232. The van der Waals surface area contributed by atoms with Gasteiger partial charge in [0.25, 0.3) is 0 Å². The summed E-state index contributed by atoms with van der Waals surface area (Å²) < 4.78 is 5.27. The van der Waals surface area contributed by atoms with Gasteiger partial charge in [-0.05, 0) is 19.1 Å². The predicted octanol–water partition coefficient (Wildman–Crippen LogP) is 3.29. The second-order valence-corrected chi connectivity index (χ2v) is 3.28. The third-order valence-corrected chi connectivity index (χ3v) is 2.12. The van der Waals surface area contributed by atoms with Crippen LogP contribution in [-0.4, -0.2) is 4.98 Å². The smallest absolute Gasteiger partial charge is 0.129 e. The normalized spacial score (nSPS) is 11.0. The van der Waals surface area contributed by atoms with Gasteiger partial charge in [0.1, 0.15) is 6.61 Å². The second kappa shape index (κ2) is 4.60. The molecule has 0 saturated heterocycles. The van der Waals surface area contributed by atoms with Crippen LogP contribution in [0.25, 0.3) is 10.9 Å². The number of hydrogen-bond acceptors (Lipinski definition) is 2. The number of hydrogen-bond donors (Lipinski definition) is 0. The van der Waals surface area contributed by atoms with Gasteiger partial charge < -0.3 is 4.74 Å². The van der Waals surface area contributed by atoms with Gasteiger partial charge in [0.15, 0.2) is 0 Å². The van der Waals surface area contributed by atoms with E-state index in [1.807, 2.05) is 37.3 Å². The molecule has 15 heavy (non-hydrogen) atoms. The predicted molar refractivity (Wildman–Crippen MR) is 61.3 cm³/mol. The Hall–Kier alpha value is -1.83. The summed E-state index contributed by atoms with van der Waals surface area (Å²) in [5.74, 6) is 0. The molecule has 76 valence electrons. The van der Waals surface area contributed by atoms with Crippen molar-refractivity contribution in [2.75, 3.05) is 0 Å². The van der Waals surface area contributed by atoms with E-state index >= 15 is 0 Å². The van der Waals surface area contributed by atoms with Crippen molar-refractivity contribution in [3.8, 4) is 0 Å². The lowest BCUT2D eigenvalue weighted by atomic mass is 10.2. The van der Waals surface area contributed by atoms with Gasteiger partial charge >= 0.3 is 0 Å². The zero-order chi connectivity index (χ0) is 10.5. The number of allylic oxidation sites excluding steroid dienone is 1. The molecule has 0 atom stereocenters. The van der Waals surface area contributed by atoms with E-state index in [9.17, 15) is 0 Å². The van der Waals surface area contributed by atoms with Crippen LogP contribution >= 0.6 is 0 Å². The summed E-state index contributed by atoms with van der Waals surface area (Å²) in [6.45, 7) is 2.45. The molecule has 0 aliphatic carbocycles. The molecule has 2 nitrogen and oxygen atoms in total. The summed E-state index contributed by atoms with van der Waals surface area (Å²) in [7, 11) is 0. The van der Waals surface area contributed by atoms with Gasteiger partial charge in [0.2, 0.25) is 0 Å². The van der Waals surface area contributed by atoms with E-state index in [2.05, 4.69) is 17.1 Å². The van der Waals surface area contributed by atoms with Crippen LogP contribution in [-0.2, 0) is 11.3 Å². The van der Waals surface area contributed by atoms with Crippen molar-refractivity contribution in [3.05, 3.63) is 54.4 Å². The summed E-state index contributed by atoms with van der Waals surface area (Å²) >= 11 is 0. The quantitative estimate of drug-likeness (QED) is 0.708. The Balaban J connectivity index is 2.23. The van der Waals surface area contributed by atoms with E-state index in [1.54, 1.807) is 6.26 Å². The largest absolute Gasteiger partial charge is 0.495 e. The first-order valence-electron chi connectivity index (χ1n) is 4.97. The maximum atomic E-state index is 5.27. The van der Waals surface area contributed by atoms with E-state index in [0.717, 1.165) is 16.6 Å². The Kier molecular flexibility index (Phi) is 2.98. The fraction of sp³-hybridized carbons (Fsp3) is 0.154. The van der Waals surface area contributed by atoms with E-state index in [-0.39, 0.29) is 0 Å². The van der Waals surface area contributed by atoms with Gasteiger partial charge in [-0.2, -0.15) is 0 Å². The first kappa shape index (κ1) is 9.71. The molecule has 2 rings (SSSR count). The van der Waals surface area contributed by atoms with Crippen molar-refractivity contribution in [1.29, 1.82) is 0 Å². The minimum Gasteiger partial charge on any atom is -0.495 e. The molecule has 0 saturated carbocycles. The summed E-state index contributed by atoms with van der Waals surface area (Å²) in [5, 5.41) is 1.16. The van der Waals surface area contributed by atoms with Gasteiger partial charge in [-0.25, -0.2) is 4.98 Å². The lowest BCUT2D eigenvalue weighted by Crippen LogP contribution is -1.91. The Morgan fingerprint density at radius 3 is 2.93 bits per heavy atom. The highest BCUT2D eigenvalue weighted by Gasteiger charge is 1.96. The van der Waals surface area contributed by atoms with Crippen LogP contribution in [0.4, 0.5) is 0 Å². The molecule has 0 spiro atoms. The van der Waals surface area contributed by atoms with Gasteiger partial charge in [-0.3, -0.25) is 0 Å². The summed E-state index contributed by atoms with van der Waals surface area (Å²) in [6, 6.07) is 12.1. The average Bonchev–Trinajstić information content (AvgIpc) is 2.29. The molecule has 2 heteroatoms. The molecule has 0 bridgehead atoms. The SMILES string of the molecule is C/C=C/OCc1ccc2ccccc2n1. The molecule has 0 N–H and O–H groups in total. The number of pyridine rings is 1. The molecule has 0 aliphatic heterocycles. The molecule has 0 amide bonds. The first-order valence-corrected chi connectivity index (χ1v) is 4.97. The highest BCUT2D eigenvalue weighted by atomic mass is 16.5. The number of ether oxygens (including phenoxy) is 1. The molecule has 1 heterocycles. The number of aromatic nitrogens is 1. The number of rotatable bonds is 3. The highest BCUT2D eigenvalue weighted by Crippen LogP contribution is 2.12. The maximum Gasteiger partial charge on any atom is 0.129 e. The third kappa shape index (κ3) is 2.34. The molecular formula is C13H13NO. The van der Waals surface area contributed by atoms with Gasteiger partial charge in [-0.1, -0.05) is 30.3 Å². The summed E-state index contributed by atoms with van der Waals surface area (Å²) in [4.78, 5) is 4.49. The van der Waals surface area contributed by atoms with Crippen LogP contribution in [0.1, 0.15) is 12.6 Å². The van der Waals surface area contributed by atoms with Crippen LogP contribution in [0.15, 0.2) is 48.7 Å². The summed E-state index contributed by atoms with van der Waals surface area (Å²) in [6.07, 6.45) is 3.54. The van der Waals surface area contributed by atoms with Gasteiger partial charge in [0, 0.05) is 5.39 Å². The molecule has 0 aliphatic rings. The number of fused-ring (bicyclic) bond motifs is 1. The standard InChI is InChI=1S/C13H13NO/c1-2-9-15-10-12-8-7-11-5-3-4-6-13(11)14-12/h2-9H,10H2,1H3/b9-2+. The summed E-state index contributed by atoms with van der Waals surface area (Å²) in [5.41, 5.74) is 1.96. The topological polar surface area (TPSA) is 22.1 Å². The van der Waals surface area contributed by atoms with Crippen LogP contribution in [0.2, 0.25) is 0 Å². The molecule has 1 aromatic carbocycles. The monoisotopic (exact) mass is 199 g/mol. The number of para-hydroxylation sites is 1.